The number of carbonyl (C=O) groups excluding carboxylic acids is 1. The van der Waals surface area contributed by atoms with Gasteiger partial charge in [0.1, 0.15) is 23.5 Å². The normalized spacial score (nSPS) is 22.1. The van der Waals surface area contributed by atoms with Crippen molar-refractivity contribution in [2.24, 2.45) is 5.92 Å². The zero-order valence-corrected chi connectivity index (χ0v) is 27.5. The molecule has 3 saturated heterocycles. The number of ether oxygens (including phenoxy) is 1. The molecule has 0 aliphatic carbocycles. The predicted octanol–water partition coefficient (Wildman–Crippen LogP) is 4.53. The van der Waals surface area contributed by atoms with Gasteiger partial charge in [0.05, 0.1) is 12.2 Å². The number of likely N-dealkylation sites (tertiary alicyclic amines) is 3. The maximum absolute atomic E-state index is 15.9. The topological polar surface area (TPSA) is 115 Å². The number of aromatic nitrogens is 4. The summed E-state index contributed by atoms with van der Waals surface area (Å²) < 4.78 is 40.5. The molecule has 14 heteroatoms. The summed E-state index contributed by atoms with van der Waals surface area (Å²) in [6.07, 6.45) is 3.96. The van der Waals surface area contributed by atoms with E-state index in [4.69, 9.17) is 10.5 Å². The molecule has 1 amide bonds. The van der Waals surface area contributed by atoms with E-state index < -0.39 is 29.8 Å². The van der Waals surface area contributed by atoms with Gasteiger partial charge in [0, 0.05) is 30.1 Å². The highest BCUT2D eigenvalue weighted by molar-refractivity contribution is 9.10. The van der Waals surface area contributed by atoms with E-state index in [-0.39, 0.29) is 29.5 Å². The number of carbonyl (C=O) groups is 1. The lowest BCUT2D eigenvalue weighted by Crippen LogP contribution is -2.62. The number of halogens is 3. The van der Waals surface area contributed by atoms with Crippen molar-refractivity contribution >= 4 is 39.0 Å². The van der Waals surface area contributed by atoms with Crippen molar-refractivity contribution in [1.29, 1.82) is 0 Å². The quantitative estimate of drug-likeness (QED) is 0.402. The van der Waals surface area contributed by atoms with Gasteiger partial charge in [-0.15, -0.1) is 0 Å². The minimum atomic E-state index is -3.14. The van der Waals surface area contributed by atoms with Crippen molar-refractivity contribution < 1.29 is 18.3 Å². The van der Waals surface area contributed by atoms with E-state index in [2.05, 4.69) is 30.8 Å². The van der Waals surface area contributed by atoms with Gasteiger partial charge in [-0.25, -0.2) is 28.3 Å². The summed E-state index contributed by atoms with van der Waals surface area (Å²) in [7, 11) is 0. The van der Waals surface area contributed by atoms with Gasteiger partial charge in [0.25, 0.3) is 5.92 Å². The van der Waals surface area contributed by atoms with Crippen LogP contribution in [0, 0.1) is 5.92 Å². The second-order valence-corrected chi connectivity index (χ2v) is 14.5. The fourth-order valence-electron chi connectivity index (χ4n) is 6.82. The fourth-order valence-corrected chi connectivity index (χ4v) is 7.08. The molecule has 6 rings (SSSR count). The zero-order valence-electron chi connectivity index (χ0n) is 26.0. The van der Waals surface area contributed by atoms with Crippen molar-refractivity contribution in [2.45, 2.75) is 70.1 Å². The Morgan fingerprint density at radius 1 is 1.09 bits per heavy atom. The van der Waals surface area contributed by atoms with Crippen LogP contribution in [0.3, 0.4) is 0 Å². The van der Waals surface area contributed by atoms with Crippen LogP contribution in [0.1, 0.15) is 52.5 Å². The lowest BCUT2D eigenvalue weighted by atomic mass is 9.91. The number of nitrogens with zero attached hydrogens (tertiary/aromatic N) is 7. The molecule has 11 nitrogen and oxygen atoms in total. The third kappa shape index (κ3) is 6.59. The summed E-state index contributed by atoms with van der Waals surface area (Å²) in [5.41, 5.74) is 5.89. The van der Waals surface area contributed by atoms with Gasteiger partial charge in [-0.3, -0.25) is 18.9 Å². The van der Waals surface area contributed by atoms with Crippen molar-refractivity contribution in [3.05, 3.63) is 45.5 Å². The van der Waals surface area contributed by atoms with Crippen LogP contribution < -0.4 is 11.4 Å². The Hall–Kier alpha value is -3.10. The third-order valence-electron chi connectivity index (χ3n) is 9.25. The van der Waals surface area contributed by atoms with E-state index in [0.717, 1.165) is 41.4 Å². The minimum Gasteiger partial charge on any atom is -0.444 e. The Balaban J connectivity index is 1.05. The van der Waals surface area contributed by atoms with Gasteiger partial charge < -0.3 is 15.4 Å². The molecule has 1 aromatic carbocycles. The first-order valence-corrected chi connectivity index (χ1v) is 16.4. The standard InChI is InChI=1S/C31H41BrF2N8O3/c1-30(2,3)45-29(44)40-16-23(17-40)39-14-9-20(10-15-39)8-12-38-13-11-24(31(33,34)18-38)42-27-25(26(35)36-19-37-27)41(28(42)43)22-6-4-21(32)5-7-22/h4-7,19-20,23-24H,8-18H2,1-3H3,(H2,35,36,37)/t24-/m1/s1. The van der Waals surface area contributed by atoms with Gasteiger partial charge in [0.15, 0.2) is 11.5 Å². The largest absolute Gasteiger partial charge is 0.444 e. The number of fused-ring (bicyclic) bond motifs is 1. The molecule has 0 spiro atoms. The van der Waals surface area contributed by atoms with E-state index >= 15 is 8.78 Å². The second-order valence-electron chi connectivity index (χ2n) is 13.5. The number of nitrogen functional groups attached to an aromatic ring is 1. The van der Waals surface area contributed by atoms with Gasteiger partial charge in [0.2, 0.25) is 0 Å². The molecule has 3 aromatic rings. The van der Waals surface area contributed by atoms with E-state index in [9.17, 15) is 9.59 Å². The number of benzene rings is 1. The van der Waals surface area contributed by atoms with Crippen LogP contribution in [-0.2, 0) is 4.74 Å². The van der Waals surface area contributed by atoms with Gasteiger partial charge in [-0.05, 0) is 96.3 Å². The van der Waals surface area contributed by atoms with Crippen LogP contribution in [0.25, 0.3) is 16.9 Å². The first-order valence-electron chi connectivity index (χ1n) is 15.6. The monoisotopic (exact) mass is 690 g/mol. The second kappa shape index (κ2) is 12.3. The Morgan fingerprint density at radius 3 is 2.42 bits per heavy atom. The fraction of sp³-hybridized carbons (Fsp3) is 0.613. The van der Waals surface area contributed by atoms with E-state index in [1.54, 1.807) is 29.2 Å². The number of piperidine rings is 2. The number of imidazole rings is 1. The SMILES string of the molecule is CC(C)(C)OC(=O)N1CC(N2CCC(CCN3CC[C@@H](n4c(=O)n(-c5ccc(Br)cc5)c5c(N)ncnc54)C(F)(F)C3)CC2)C1. The number of hydrogen-bond donors (Lipinski definition) is 1. The van der Waals surface area contributed by atoms with Crippen molar-refractivity contribution in [2.75, 3.05) is 51.5 Å². The summed E-state index contributed by atoms with van der Waals surface area (Å²) in [4.78, 5) is 40.3. The van der Waals surface area contributed by atoms with Crippen LogP contribution in [0.15, 0.2) is 39.9 Å². The molecule has 5 heterocycles. The highest BCUT2D eigenvalue weighted by atomic mass is 79.9. The average Bonchev–Trinajstić information content (AvgIpc) is 3.23. The summed E-state index contributed by atoms with van der Waals surface area (Å²) in [6.45, 7) is 9.51. The number of hydrogen-bond acceptors (Lipinski definition) is 8. The predicted molar refractivity (Wildman–Crippen MR) is 171 cm³/mol. The minimum absolute atomic E-state index is 0.0586. The maximum Gasteiger partial charge on any atom is 0.410 e. The maximum atomic E-state index is 15.9. The lowest BCUT2D eigenvalue weighted by Gasteiger charge is -2.47. The highest BCUT2D eigenvalue weighted by Gasteiger charge is 2.47. The third-order valence-corrected chi connectivity index (χ3v) is 9.78. The van der Waals surface area contributed by atoms with Crippen LogP contribution in [0.2, 0.25) is 0 Å². The first kappa shape index (κ1) is 31.9. The Labute approximate surface area is 269 Å². The number of rotatable bonds is 6. The Morgan fingerprint density at radius 2 is 1.78 bits per heavy atom. The summed E-state index contributed by atoms with van der Waals surface area (Å²) in [5.74, 6) is -2.61. The van der Waals surface area contributed by atoms with Crippen molar-refractivity contribution in [1.82, 2.24) is 33.8 Å². The van der Waals surface area contributed by atoms with Crippen LogP contribution in [0.5, 0.6) is 0 Å². The molecule has 0 unspecified atom stereocenters. The Bertz CT molecular complexity index is 1590. The van der Waals surface area contributed by atoms with E-state index in [1.807, 2.05) is 25.7 Å². The van der Waals surface area contributed by atoms with Gasteiger partial charge >= 0.3 is 11.8 Å². The van der Waals surface area contributed by atoms with Crippen LogP contribution in [-0.4, -0.2) is 103 Å². The molecule has 1 atom stereocenters. The molecule has 2 N–H and O–H groups in total. The lowest BCUT2D eigenvalue weighted by molar-refractivity contribution is -0.104. The number of amides is 1. The summed E-state index contributed by atoms with van der Waals surface area (Å²) in [5, 5.41) is 0. The summed E-state index contributed by atoms with van der Waals surface area (Å²) >= 11 is 3.39. The molecule has 2 aromatic heterocycles. The smallest absolute Gasteiger partial charge is 0.410 e. The molecule has 0 radical (unpaired) electrons. The van der Waals surface area contributed by atoms with Crippen molar-refractivity contribution in [3.8, 4) is 5.69 Å². The van der Waals surface area contributed by atoms with Gasteiger partial charge in [-0.2, -0.15) is 0 Å². The zero-order chi connectivity index (χ0) is 32.1. The molecule has 3 aliphatic heterocycles. The average molecular weight is 692 g/mol. The molecular formula is C31H41BrF2N8O3. The molecule has 0 saturated carbocycles. The molecule has 45 heavy (non-hydrogen) atoms. The molecule has 3 aliphatic rings. The molecule has 244 valence electrons. The highest BCUT2D eigenvalue weighted by Crippen LogP contribution is 2.38. The van der Waals surface area contributed by atoms with Crippen LogP contribution in [0.4, 0.5) is 19.4 Å². The Kier molecular flexibility index (Phi) is 8.68. The van der Waals surface area contributed by atoms with Gasteiger partial charge in [-0.1, -0.05) is 15.9 Å². The van der Waals surface area contributed by atoms with Crippen LogP contribution >= 0.6 is 15.9 Å². The first-order chi connectivity index (χ1) is 21.3. The molecule has 0 bridgehead atoms. The number of nitrogens with two attached hydrogens (primary N) is 1. The molecular weight excluding hydrogens is 650 g/mol. The number of alkyl halides is 2. The van der Waals surface area contributed by atoms with E-state index in [0.29, 0.717) is 43.8 Å². The summed E-state index contributed by atoms with van der Waals surface area (Å²) in [6, 6.07) is 6.00. The van der Waals surface area contributed by atoms with Crippen molar-refractivity contribution in [3.63, 3.8) is 0 Å². The van der Waals surface area contributed by atoms with E-state index in [1.165, 1.54) is 10.9 Å². The number of anilines is 1. The molecule has 3 fully saturated rings.